The molecule has 184 valence electrons. The lowest BCUT2D eigenvalue weighted by Crippen LogP contribution is -2.12. The van der Waals surface area contributed by atoms with E-state index in [0.29, 0.717) is 6.42 Å². The van der Waals surface area contributed by atoms with Crippen molar-refractivity contribution < 1.29 is 14.4 Å². The summed E-state index contributed by atoms with van der Waals surface area (Å²) in [7, 11) is 1.50. The molecule has 0 saturated carbocycles. The average molecular weight is 483 g/mol. The number of nitrogens with zero attached hydrogens (tertiary/aromatic N) is 4. The summed E-state index contributed by atoms with van der Waals surface area (Å²) in [6, 6.07) is 16.5. The van der Waals surface area contributed by atoms with Crippen LogP contribution in [0, 0.1) is 13.8 Å². The van der Waals surface area contributed by atoms with Crippen LogP contribution in [0.5, 0.6) is 0 Å². The van der Waals surface area contributed by atoms with E-state index in [2.05, 4.69) is 52.1 Å². The van der Waals surface area contributed by atoms with E-state index >= 15 is 0 Å². The van der Waals surface area contributed by atoms with Crippen molar-refractivity contribution in [2.45, 2.75) is 45.9 Å². The number of fused-ring (bicyclic) bond motifs is 1. The number of hydrogen-bond donors (Lipinski definition) is 1. The molecular formula is C29H30N4O3. The third-order valence-corrected chi connectivity index (χ3v) is 6.69. The van der Waals surface area contributed by atoms with E-state index in [1.165, 1.54) is 7.11 Å². The van der Waals surface area contributed by atoms with Gasteiger partial charge in [-0.2, -0.15) is 0 Å². The maximum Gasteiger partial charge on any atom is 0.158 e. The Hall–Kier alpha value is -3.81. The van der Waals surface area contributed by atoms with Crippen LogP contribution >= 0.6 is 0 Å². The summed E-state index contributed by atoms with van der Waals surface area (Å²) in [5.74, 6) is 0.776. The summed E-state index contributed by atoms with van der Waals surface area (Å²) < 4.78 is 12.7. The third kappa shape index (κ3) is 4.43. The molecule has 0 radical (unpaired) electrons. The molecule has 0 aliphatic heterocycles. The van der Waals surface area contributed by atoms with Crippen LogP contribution in [0.2, 0.25) is 0 Å². The zero-order valence-corrected chi connectivity index (χ0v) is 21.0. The van der Waals surface area contributed by atoms with E-state index < -0.39 is 6.29 Å². The van der Waals surface area contributed by atoms with Crippen LogP contribution in [0.25, 0.3) is 33.3 Å². The van der Waals surface area contributed by atoms with E-state index in [1.807, 2.05) is 50.5 Å². The summed E-state index contributed by atoms with van der Waals surface area (Å²) in [6.07, 6.45) is 6.42. The molecule has 7 nitrogen and oxygen atoms in total. The Labute approximate surface area is 210 Å². The SMILES string of the molecule is CC[C@H](c1ccccn1)n1cc(-c2ccc(CC(O)OC)cc2)c2ncc(-c3c(C)noc3C)cc21. The highest BCUT2D eigenvalue weighted by atomic mass is 16.6. The second kappa shape index (κ2) is 10.0. The highest BCUT2D eigenvalue weighted by molar-refractivity contribution is 5.95. The Morgan fingerprint density at radius 2 is 1.86 bits per heavy atom. The van der Waals surface area contributed by atoms with Crippen molar-refractivity contribution in [1.29, 1.82) is 0 Å². The molecule has 0 aliphatic carbocycles. The van der Waals surface area contributed by atoms with Crippen LogP contribution < -0.4 is 0 Å². The standard InChI is InChI=1S/C29H30N4O3/c1-5-25(24-8-6-7-13-30-24)33-17-23(21-11-9-20(10-12-21)14-27(34)35-4)29-26(33)15-22(16-31-29)28-18(2)32-36-19(28)3/h6-13,15-17,25,27,34H,5,14H2,1-4H3/t25-,27?/m1/s1. The summed E-state index contributed by atoms with van der Waals surface area (Å²) in [5, 5.41) is 14.0. The Bertz CT molecular complexity index is 1450. The van der Waals surface area contributed by atoms with Crippen LogP contribution in [0.3, 0.4) is 0 Å². The average Bonchev–Trinajstić information content (AvgIpc) is 3.44. The fraction of sp³-hybridized carbons (Fsp3) is 0.276. The molecule has 2 atom stereocenters. The van der Waals surface area contributed by atoms with Crippen LogP contribution in [-0.4, -0.2) is 38.2 Å². The molecule has 7 heteroatoms. The number of aromatic nitrogens is 4. The molecule has 0 aliphatic rings. The number of methoxy groups -OCH3 is 1. The van der Waals surface area contributed by atoms with Gasteiger partial charge < -0.3 is 18.9 Å². The first-order valence-electron chi connectivity index (χ1n) is 12.1. The first kappa shape index (κ1) is 23.9. The summed E-state index contributed by atoms with van der Waals surface area (Å²) in [4.78, 5) is 9.60. The second-order valence-electron chi connectivity index (χ2n) is 9.01. The molecule has 1 N–H and O–H groups in total. The predicted molar refractivity (Wildman–Crippen MR) is 140 cm³/mol. The lowest BCUT2D eigenvalue weighted by atomic mass is 10.0. The molecule has 0 spiro atoms. The first-order chi connectivity index (χ1) is 17.5. The van der Waals surface area contributed by atoms with Gasteiger partial charge in [0.05, 0.1) is 28.5 Å². The molecule has 0 bridgehead atoms. The molecule has 36 heavy (non-hydrogen) atoms. The summed E-state index contributed by atoms with van der Waals surface area (Å²) in [6.45, 7) is 6.05. The van der Waals surface area contributed by atoms with Crippen LogP contribution in [0.4, 0.5) is 0 Å². The molecule has 1 unspecified atom stereocenters. The van der Waals surface area contributed by atoms with Crippen LogP contribution in [0.15, 0.2) is 71.6 Å². The second-order valence-corrected chi connectivity index (χ2v) is 9.01. The van der Waals surface area contributed by atoms with Gasteiger partial charge >= 0.3 is 0 Å². The number of aliphatic hydroxyl groups excluding tert-OH is 1. The number of hydrogen-bond acceptors (Lipinski definition) is 6. The van der Waals surface area contributed by atoms with E-state index in [0.717, 1.165) is 62.4 Å². The fourth-order valence-electron chi connectivity index (χ4n) is 4.85. The molecule has 4 heterocycles. The van der Waals surface area contributed by atoms with Crippen molar-refractivity contribution in [2.75, 3.05) is 7.11 Å². The number of aryl methyl sites for hydroxylation is 2. The lowest BCUT2D eigenvalue weighted by Gasteiger charge is -2.18. The minimum atomic E-state index is -0.814. The number of rotatable bonds is 8. The monoisotopic (exact) mass is 482 g/mol. The molecule has 0 saturated heterocycles. The number of ether oxygens (including phenoxy) is 1. The van der Waals surface area contributed by atoms with Gasteiger partial charge in [-0.25, -0.2) is 0 Å². The highest BCUT2D eigenvalue weighted by Gasteiger charge is 2.21. The Morgan fingerprint density at radius 3 is 2.50 bits per heavy atom. The number of aliphatic hydroxyl groups is 1. The Kier molecular flexibility index (Phi) is 6.67. The molecule has 4 aromatic heterocycles. The maximum absolute atomic E-state index is 9.83. The molecular weight excluding hydrogens is 452 g/mol. The van der Waals surface area contributed by atoms with Gasteiger partial charge in [-0.3, -0.25) is 9.97 Å². The Balaban J connectivity index is 1.67. The summed E-state index contributed by atoms with van der Waals surface area (Å²) >= 11 is 0. The van der Waals surface area contributed by atoms with Gasteiger partial charge in [-0.15, -0.1) is 0 Å². The molecule has 0 fully saturated rings. The maximum atomic E-state index is 9.83. The van der Waals surface area contributed by atoms with Gasteiger partial charge in [0, 0.05) is 48.8 Å². The quantitative estimate of drug-likeness (QED) is 0.278. The van der Waals surface area contributed by atoms with E-state index in [9.17, 15) is 5.11 Å². The Morgan fingerprint density at radius 1 is 1.06 bits per heavy atom. The van der Waals surface area contributed by atoms with E-state index in [-0.39, 0.29) is 6.04 Å². The van der Waals surface area contributed by atoms with Crippen molar-refractivity contribution in [3.63, 3.8) is 0 Å². The van der Waals surface area contributed by atoms with Crippen molar-refractivity contribution in [2.24, 2.45) is 0 Å². The number of benzene rings is 1. The highest BCUT2D eigenvalue weighted by Crippen LogP contribution is 2.37. The van der Waals surface area contributed by atoms with Crippen molar-refractivity contribution in [1.82, 2.24) is 19.7 Å². The predicted octanol–water partition coefficient (Wildman–Crippen LogP) is 5.88. The topological polar surface area (TPSA) is 86.2 Å². The van der Waals surface area contributed by atoms with E-state index in [4.69, 9.17) is 14.2 Å². The van der Waals surface area contributed by atoms with Gasteiger partial charge in [-0.05, 0) is 49.6 Å². The van der Waals surface area contributed by atoms with Crippen molar-refractivity contribution >= 4 is 11.0 Å². The summed E-state index contributed by atoms with van der Waals surface area (Å²) in [5.41, 5.74) is 8.86. The zero-order valence-electron chi connectivity index (χ0n) is 21.0. The van der Waals surface area contributed by atoms with Gasteiger partial charge in [0.15, 0.2) is 6.29 Å². The van der Waals surface area contributed by atoms with Gasteiger partial charge in [0.1, 0.15) is 5.76 Å². The fourth-order valence-corrected chi connectivity index (χ4v) is 4.85. The number of pyridine rings is 2. The molecule has 1 aromatic carbocycles. The molecule has 5 aromatic rings. The first-order valence-corrected chi connectivity index (χ1v) is 12.1. The third-order valence-electron chi connectivity index (χ3n) is 6.69. The molecule has 5 rings (SSSR count). The largest absolute Gasteiger partial charge is 0.368 e. The van der Waals surface area contributed by atoms with Crippen molar-refractivity contribution in [3.8, 4) is 22.3 Å². The zero-order chi connectivity index (χ0) is 25.2. The minimum Gasteiger partial charge on any atom is -0.368 e. The van der Waals surface area contributed by atoms with Crippen LogP contribution in [0.1, 0.15) is 42.1 Å². The van der Waals surface area contributed by atoms with E-state index in [1.54, 1.807) is 0 Å². The van der Waals surface area contributed by atoms with Gasteiger partial charge in [0.2, 0.25) is 0 Å². The normalized spacial score (nSPS) is 13.2. The lowest BCUT2D eigenvalue weighted by molar-refractivity contribution is -0.0720. The van der Waals surface area contributed by atoms with Gasteiger partial charge in [-0.1, -0.05) is 42.4 Å². The minimum absolute atomic E-state index is 0.0558. The van der Waals surface area contributed by atoms with Gasteiger partial charge in [0.25, 0.3) is 0 Å². The van der Waals surface area contributed by atoms with Crippen LogP contribution in [-0.2, 0) is 11.2 Å². The smallest absolute Gasteiger partial charge is 0.158 e. The molecule has 0 amide bonds. The van der Waals surface area contributed by atoms with Crippen molar-refractivity contribution in [3.05, 3.63) is 89.8 Å².